The fourth-order valence-electron chi connectivity index (χ4n) is 2.46. The molecule has 0 aliphatic rings. The number of methoxy groups -OCH3 is 2. The normalized spacial score (nSPS) is 10.2. The zero-order valence-corrected chi connectivity index (χ0v) is 14.9. The predicted octanol–water partition coefficient (Wildman–Crippen LogP) is 3.50. The number of Topliss-reactive ketones (excluding diaryl/α,β-unsaturated/α-hetero) is 1. The smallest absolute Gasteiger partial charge is 0.310 e. The molecule has 2 aromatic rings. The van der Waals surface area contributed by atoms with Gasteiger partial charge in [-0.3, -0.25) is 9.59 Å². The second-order valence-electron chi connectivity index (χ2n) is 5.72. The summed E-state index contributed by atoms with van der Waals surface area (Å²) >= 11 is 0. The molecular formula is C20H22O5. The van der Waals surface area contributed by atoms with Gasteiger partial charge >= 0.3 is 5.97 Å². The average Bonchev–Trinajstić information content (AvgIpc) is 2.61. The van der Waals surface area contributed by atoms with E-state index in [0.717, 1.165) is 16.9 Å². The van der Waals surface area contributed by atoms with Gasteiger partial charge in [0.25, 0.3) is 0 Å². The van der Waals surface area contributed by atoms with Crippen LogP contribution < -0.4 is 9.47 Å². The summed E-state index contributed by atoms with van der Waals surface area (Å²) in [6.07, 6.45) is 0.144. The molecule has 0 saturated heterocycles. The van der Waals surface area contributed by atoms with Crippen LogP contribution in [0.25, 0.3) is 0 Å². The van der Waals surface area contributed by atoms with E-state index in [1.165, 1.54) is 14.0 Å². The van der Waals surface area contributed by atoms with Crippen molar-refractivity contribution in [3.63, 3.8) is 0 Å². The number of carbonyl (C=O) groups is 2. The molecule has 2 aromatic carbocycles. The Morgan fingerprint density at radius 1 is 0.960 bits per heavy atom. The van der Waals surface area contributed by atoms with Crippen LogP contribution in [0.1, 0.15) is 34.0 Å². The summed E-state index contributed by atoms with van der Waals surface area (Å²) < 4.78 is 15.9. The predicted molar refractivity (Wildman–Crippen MR) is 94.2 cm³/mol. The molecule has 5 heteroatoms. The van der Waals surface area contributed by atoms with E-state index in [-0.39, 0.29) is 24.8 Å². The van der Waals surface area contributed by atoms with Gasteiger partial charge in [-0.15, -0.1) is 0 Å². The van der Waals surface area contributed by atoms with E-state index in [1.807, 2.05) is 25.1 Å². The first-order chi connectivity index (χ1) is 11.9. The third-order valence-electron chi connectivity index (χ3n) is 3.90. The third kappa shape index (κ3) is 4.83. The van der Waals surface area contributed by atoms with E-state index < -0.39 is 0 Å². The number of rotatable bonds is 7. The maximum absolute atomic E-state index is 12.1. The highest BCUT2D eigenvalue weighted by atomic mass is 16.5. The molecule has 5 nitrogen and oxygen atoms in total. The van der Waals surface area contributed by atoms with Crippen LogP contribution in [0.3, 0.4) is 0 Å². The fourth-order valence-corrected chi connectivity index (χ4v) is 2.46. The van der Waals surface area contributed by atoms with Gasteiger partial charge in [0.2, 0.25) is 0 Å². The highest BCUT2D eigenvalue weighted by Gasteiger charge is 2.11. The summed E-state index contributed by atoms with van der Waals surface area (Å²) in [4.78, 5) is 23.6. The van der Waals surface area contributed by atoms with Crippen molar-refractivity contribution in [2.24, 2.45) is 0 Å². The second kappa shape index (κ2) is 8.33. The van der Waals surface area contributed by atoms with Gasteiger partial charge in [-0.25, -0.2) is 0 Å². The van der Waals surface area contributed by atoms with Gasteiger partial charge < -0.3 is 14.2 Å². The largest absolute Gasteiger partial charge is 0.496 e. The maximum Gasteiger partial charge on any atom is 0.310 e. The molecule has 0 aliphatic carbocycles. The Labute approximate surface area is 147 Å². The summed E-state index contributed by atoms with van der Waals surface area (Å²) in [5, 5.41) is 0. The van der Waals surface area contributed by atoms with Crippen molar-refractivity contribution in [3.8, 4) is 11.5 Å². The average molecular weight is 342 g/mol. The van der Waals surface area contributed by atoms with E-state index in [1.54, 1.807) is 25.3 Å². The Kier molecular flexibility index (Phi) is 6.17. The minimum absolute atomic E-state index is 0.0477. The zero-order valence-electron chi connectivity index (χ0n) is 14.9. The molecule has 0 bridgehead atoms. The maximum atomic E-state index is 12.1. The number of ether oxygens (including phenoxy) is 3. The van der Waals surface area contributed by atoms with Crippen LogP contribution in [0.2, 0.25) is 0 Å². The second-order valence-corrected chi connectivity index (χ2v) is 5.72. The van der Waals surface area contributed by atoms with Crippen molar-refractivity contribution < 1.29 is 23.8 Å². The van der Waals surface area contributed by atoms with Crippen molar-refractivity contribution in [1.29, 1.82) is 0 Å². The van der Waals surface area contributed by atoms with E-state index in [9.17, 15) is 9.59 Å². The van der Waals surface area contributed by atoms with Gasteiger partial charge in [0.1, 0.15) is 18.1 Å². The molecule has 132 valence electrons. The Morgan fingerprint density at radius 2 is 1.68 bits per heavy atom. The third-order valence-corrected chi connectivity index (χ3v) is 3.90. The Bertz CT molecular complexity index is 780. The first-order valence-electron chi connectivity index (χ1n) is 7.91. The van der Waals surface area contributed by atoms with Crippen molar-refractivity contribution in [3.05, 3.63) is 58.7 Å². The minimum Gasteiger partial charge on any atom is -0.496 e. The Hall–Kier alpha value is -2.82. The van der Waals surface area contributed by atoms with Crippen molar-refractivity contribution in [2.75, 3.05) is 14.2 Å². The molecular weight excluding hydrogens is 320 g/mol. The molecule has 0 saturated carbocycles. The standard InChI is InChI=1S/C20H22O5/c1-13-5-6-15(9-19(13)24-4)10-20(22)25-12-17-11-16(14(2)21)7-8-18(17)23-3/h5-9,11H,10,12H2,1-4H3. The Balaban J connectivity index is 2.04. The zero-order chi connectivity index (χ0) is 18.4. The lowest BCUT2D eigenvalue weighted by molar-refractivity contribution is -0.144. The van der Waals surface area contributed by atoms with Crippen LogP contribution in [0, 0.1) is 6.92 Å². The number of carbonyl (C=O) groups excluding carboxylic acids is 2. The van der Waals surface area contributed by atoms with Crippen molar-refractivity contribution >= 4 is 11.8 Å². The molecule has 0 aliphatic heterocycles. The van der Waals surface area contributed by atoms with Crippen LogP contribution in [0.15, 0.2) is 36.4 Å². The summed E-state index contributed by atoms with van der Waals surface area (Å²) in [6.45, 7) is 3.48. The van der Waals surface area contributed by atoms with E-state index in [2.05, 4.69) is 0 Å². The SMILES string of the molecule is COc1cc(CC(=O)OCc2cc(C(C)=O)ccc2OC)ccc1C. The lowest BCUT2D eigenvalue weighted by Crippen LogP contribution is -2.09. The Morgan fingerprint density at radius 3 is 2.32 bits per heavy atom. The molecule has 0 atom stereocenters. The summed E-state index contributed by atoms with van der Waals surface area (Å²) in [5.41, 5.74) is 3.03. The van der Waals surface area contributed by atoms with Crippen LogP contribution in [0.5, 0.6) is 11.5 Å². The molecule has 0 spiro atoms. The molecule has 0 heterocycles. The van der Waals surface area contributed by atoms with E-state index in [4.69, 9.17) is 14.2 Å². The van der Waals surface area contributed by atoms with Crippen LogP contribution in [0.4, 0.5) is 0 Å². The van der Waals surface area contributed by atoms with Gasteiger partial charge in [0.05, 0.1) is 20.6 Å². The van der Waals surface area contributed by atoms with Gasteiger partial charge in [0.15, 0.2) is 5.78 Å². The number of benzene rings is 2. The minimum atomic E-state index is -0.360. The highest BCUT2D eigenvalue weighted by molar-refractivity contribution is 5.94. The number of aryl methyl sites for hydroxylation is 1. The lowest BCUT2D eigenvalue weighted by Gasteiger charge is -2.11. The molecule has 25 heavy (non-hydrogen) atoms. The van der Waals surface area contributed by atoms with Crippen molar-refractivity contribution in [1.82, 2.24) is 0 Å². The van der Waals surface area contributed by atoms with Crippen LogP contribution in [-0.4, -0.2) is 26.0 Å². The molecule has 0 unspecified atom stereocenters. The number of hydrogen-bond donors (Lipinski definition) is 0. The first kappa shape index (κ1) is 18.5. The van der Waals surface area contributed by atoms with Gasteiger partial charge in [-0.1, -0.05) is 12.1 Å². The number of esters is 1. The first-order valence-corrected chi connectivity index (χ1v) is 7.91. The number of ketones is 1. The fraction of sp³-hybridized carbons (Fsp3) is 0.300. The topological polar surface area (TPSA) is 61.8 Å². The van der Waals surface area contributed by atoms with Crippen molar-refractivity contribution in [2.45, 2.75) is 26.9 Å². The molecule has 0 amide bonds. The van der Waals surface area contributed by atoms with Gasteiger partial charge in [0, 0.05) is 11.1 Å². The molecule has 0 radical (unpaired) electrons. The van der Waals surface area contributed by atoms with E-state index >= 15 is 0 Å². The van der Waals surface area contributed by atoms with E-state index in [0.29, 0.717) is 16.9 Å². The van der Waals surface area contributed by atoms with Gasteiger partial charge in [-0.05, 0) is 49.2 Å². The summed E-state index contributed by atoms with van der Waals surface area (Å²) in [5.74, 6) is 0.902. The molecule has 0 aromatic heterocycles. The van der Waals surface area contributed by atoms with Crippen LogP contribution in [-0.2, 0) is 22.6 Å². The molecule has 2 rings (SSSR count). The quantitative estimate of drug-likeness (QED) is 0.569. The molecule has 0 fully saturated rings. The monoisotopic (exact) mass is 342 g/mol. The van der Waals surface area contributed by atoms with Crippen LogP contribution >= 0.6 is 0 Å². The lowest BCUT2D eigenvalue weighted by atomic mass is 10.1. The van der Waals surface area contributed by atoms with Gasteiger partial charge in [-0.2, -0.15) is 0 Å². The number of hydrogen-bond acceptors (Lipinski definition) is 5. The summed E-state index contributed by atoms with van der Waals surface area (Å²) in [6, 6.07) is 10.7. The summed E-state index contributed by atoms with van der Waals surface area (Å²) in [7, 11) is 3.13. The molecule has 0 N–H and O–H groups in total. The highest BCUT2D eigenvalue weighted by Crippen LogP contribution is 2.22.